The molecule has 0 aliphatic heterocycles. The van der Waals surface area contributed by atoms with Crippen LogP contribution >= 0.6 is 0 Å². The zero-order valence-corrected chi connectivity index (χ0v) is 10.3. The molecule has 16 heavy (non-hydrogen) atoms. The molecule has 1 aromatic heterocycles. The second kappa shape index (κ2) is 5.51. The molecule has 2 rings (SSSR count). The van der Waals surface area contributed by atoms with Crippen molar-refractivity contribution in [3.63, 3.8) is 0 Å². The third-order valence-electron chi connectivity index (χ3n) is 2.82. The highest BCUT2D eigenvalue weighted by Gasteiger charge is 2.20. The van der Waals surface area contributed by atoms with Gasteiger partial charge in [0.2, 0.25) is 0 Å². The van der Waals surface area contributed by atoms with Crippen LogP contribution in [0.1, 0.15) is 32.3 Å². The van der Waals surface area contributed by atoms with Crippen LogP contribution in [0.15, 0.2) is 18.5 Å². The molecule has 90 valence electrons. The Balaban J connectivity index is 1.68. The van der Waals surface area contributed by atoms with Gasteiger partial charge in [-0.25, -0.2) is 0 Å². The van der Waals surface area contributed by atoms with Crippen molar-refractivity contribution in [2.45, 2.75) is 46.0 Å². The maximum absolute atomic E-state index is 5.63. The first-order chi connectivity index (χ1) is 7.74. The quantitative estimate of drug-likeness (QED) is 0.766. The van der Waals surface area contributed by atoms with E-state index in [1.54, 1.807) is 0 Å². The number of nitrogens with zero attached hydrogens (tertiary/aromatic N) is 1. The van der Waals surface area contributed by atoms with Gasteiger partial charge in [0.25, 0.3) is 0 Å². The molecule has 0 spiro atoms. The molecule has 0 amide bonds. The number of rotatable bonds is 7. The predicted octanol–water partition coefficient (Wildman–Crippen LogP) is 2.37. The lowest BCUT2D eigenvalue weighted by molar-refractivity contribution is 0.0692. The van der Waals surface area contributed by atoms with E-state index in [4.69, 9.17) is 4.74 Å². The Morgan fingerprint density at radius 1 is 1.50 bits per heavy atom. The summed E-state index contributed by atoms with van der Waals surface area (Å²) in [4.78, 5) is 0. The SMILES string of the molecule is CC(C)NCc1ccn(COCC2CC2)c1. The Bertz CT molecular complexity index is 315. The van der Waals surface area contributed by atoms with Crippen molar-refractivity contribution in [1.82, 2.24) is 9.88 Å². The third kappa shape index (κ3) is 3.99. The van der Waals surface area contributed by atoms with E-state index in [-0.39, 0.29) is 0 Å². The van der Waals surface area contributed by atoms with Crippen molar-refractivity contribution in [2.75, 3.05) is 6.61 Å². The van der Waals surface area contributed by atoms with E-state index in [1.807, 2.05) is 0 Å². The Labute approximate surface area is 97.8 Å². The number of hydrogen-bond donors (Lipinski definition) is 1. The van der Waals surface area contributed by atoms with Gasteiger partial charge in [-0.15, -0.1) is 0 Å². The van der Waals surface area contributed by atoms with Crippen LogP contribution in [0.25, 0.3) is 0 Å². The highest BCUT2D eigenvalue weighted by Crippen LogP contribution is 2.28. The molecule has 0 unspecified atom stereocenters. The summed E-state index contributed by atoms with van der Waals surface area (Å²) in [5.74, 6) is 0.845. The van der Waals surface area contributed by atoms with Crippen molar-refractivity contribution >= 4 is 0 Å². The van der Waals surface area contributed by atoms with E-state index in [1.165, 1.54) is 18.4 Å². The number of ether oxygens (including phenoxy) is 1. The fourth-order valence-corrected chi connectivity index (χ4v) is 1.61. The van der Waals surface area contributed by atoms with E-state index in [9.17, 15) is 0 Å². The van der Waals surface area contributed by atoms with Crippen molar-refractivity contribution in [1.29, 1.82) is 0 Å². The first-order valence-electron chi connectivity index (χ1n) is 6.20. The third-order valence-corrected chi connectivity index (χ3v) is 2.82. The molecular formula is C13H22N2O. The lowest BCUT2D eigenvalue weighted by atomic mass is 10.3. The summed E-state index contributed by atoms with van der Waals surface area (Å²) in [5.41, 5.74) is 1.32. The van der Waals surface area contributed by atoms with E-state index < -0.39 is 0 Å². The molecule has 1 aromatic rings. The first-order valence-corrected chi connectivity index (χ1v) is 6.20. The normalized spacial score (nSPS) is 15.9. The topological polar surface area (TPSA) is 26.2 Å². The van der Waals surface area contributed by atoms with Gasteiger partial charge < -0.3 is 14.6 Å². The molecule has 3 nitrogen and oxygen atoms in total. The number of hydrogen-bond acceptors (Lipinski definition) is 2. The van der Waals surface area contributed by atoms with E-state index in [0.29, 0.717) is 12.8 Å². The molecule has 1 aliphatic carbocycles. The number of aromatic nitrogens is 1. The Morgan fingerprint density at radius 2 is 2.31 bits per heavy atom. The van der Waals surface area contributed by atoms with Crippen LogP contribution in [0.2, 0.25) is 0 Å². The number of nitrogens with one attached hydrogen (secondary N) is 1. The fourth-order valence-electron chi connectivity index (χ4n) is 1.61. The summed E-state index contributed by atoms with van der Waals surface area (Å²) < 4.78 is 7.74. The fraction of sp³-hybridized carbons (Fsp3) is 0.692. The Morgan fingerprint density at radius 3 is 3.00 bits per heavy atom. The molecule has 0 bridgehead atoms. The molecule has 0 radical (unpaired) electrons. The average Bonchev–Trinajstić information content (AvgIpc) is 2.94. The Kier molecular flexibility index (Phi) is 4.02. The summed E-state index contributed by atoms with van der Waals surface area (Å²) in [5, 5.41) is 3.41. The summed E-state index contributed by atoms with van der Waals surface area (Å²) in [6.45, 7) is 6.88. The van der Waals surface area contributed by atoms with Gasteiger partial charge in [-0.2, -0.15) is 0 Å². The van der Waals surface area contributed by atoms with Gasteiger partial charge in [0.05, 0.1) is 6.61 Å². The minimum atomic E-state index is 0.537. The van der Waals surface area contributed by atoms with Gasteiger partial charge in [0, 0.05) is 25.0 Å². The van der Waals surface area contributed by atoms with Crippen molar-refractivity contribution < 1.29 is 4.74 Å². The first kappa shape index (κ1) is 11.7. The van der Waals surface area contributed by atoms with Gasteiger partial charge in [-0.1, -0.05) is 13.8 Å². The van der Waals surface area contributed by atoms with Gasteiger partial charge >= 0.3 is 0 Å². The maximum atomic E-state index is 5.63. The lowest BCUT2D eigenvalue weighted by Crippen LogP contribution is -2.21. The van der Waals surface area contributed by atoms with E-state index >= 15 is 0 Å². The van der Waals surface area contributed by atoms with Gasteiger partial charge in [0.1, 0.15) is 6.73 Å². The molecule has 1 N–H and O–H groups in total. The molecule has 1 saturated carbocycles. The van der Waals surface area contributed by atoms with Crippen molar-refractivity contribution in [2.24, 2.45) is 5.92 Å². The molecule has 1 fully saturated rings. The maximum Gasteiger partial charge on any atom is 0.122 e. The highest BCUT2D eigenvalue weighted by molar-refractivity contribution is 5.09. The van der Waals surface area contributed by atoms with Crippen molar-refractivity contribution in [3.05, 3.63) is 24.0 Å². The predicted molar refractivity (Wildman–Crippen MR) is 65.1 cm³/mol. The molecule has 1 aliphatic rings. The van der Waals surface area contributed by atoms with Crippen LogP contribution in [0.4, 0.5) is 0 Å². The van der Waals surface area contributed by atoms with Crippen LogP contribution in [-0.4, -0.2) is 17.2 Å². The van der Waals surface area contributed by atoms with Gasteiger partial charge in [-0.05, 0) is 30.4 Å². The van der Waals surface area contributed by atoms with Crippen LogP contribution in [0.3, 0.4) is 0 Å². The minimum absolute atomic E-state index is 0.537. The van der Waals surface area contributed by atoms with Crippen LogP contribution < -0.4 is 5.32 Å². The molecule has 0 saturated heterocycles. The summed E-state index contributed by atoms with van der Waals surface area (Å²) >= 11 is 0. The van der Waals surface area contributed by atoms with Crippen LogP contribution in [0.5, 0.6) is 0 Å². The monoisotopic (exact) mass is 222 g/mol. The van der Waals surface area contributed by atoms with E-state index in [0.717, 1.165) is 19.1 Å². The van der Waals surface area contributed by atoms with Crippen LogP contribution in [0, 0.1) is 5.92 Å². The highest BCUT2D eigenvalue weighted by atomic mass is 16.5. The second-order valence-electron chi connectivity index (χ2n) is 5.01. The molecule has 0 atom stereocenters. The molecule has 0 aromatic carbocycles. The van der Waals surface area contributed by atoms with Gasteiger partial charge in [-0.3, -0.25) is 0 Å². The standard InChI is InChI=1S/C13H22N2O/c1-11(2)14-7-13-5-6-15(8-13)10-16-9-12-3-4-12/h5-6,8,11-12,14H,3-4,7,9-10H2,1-2H3. The van der Waals surface area contributed by atoms with Crippen LogP contribution in [-0.2, 0) is 18.0 Å². The molecule has 1 heterocycles. The zero-order chi connectivity index (χ0) is 11.4. The molecule has 3 heteroatoms. The molecular weight excluding hydrogens is 200 g/mol. The summed E-state index contributed by atoms with van der Waals surface area (Å²) in [6.07, 6.45) is 6.96. The smallest absolute Gasteiger partial charge is 0.122 e. The zero-order valence-electron chi connectivity index (χ0n) is 10.3. The van der Waals surface area contributed by atoms with Crippen molar-refractivity contribution in [3.8, 4) is 0 Å². The summed E-state index contributed by atoms with van der Waals surface area (Å²) in [7, 11) is 0. The lowest BCUT2D eigenvalue weighted by Gasteiger charge is -2.06. The largest absolute Gasteiger partial charge is 0.361 e. The summed E-state index contributed by atoms with van der Waals surface area (Å²) in [6, 6.07) is 2.69. The second-order valence-corrected chi connectivity index (χ2v) is 5.01. The Hall–Kier alpha value is -0.800. The average molecular weight is 222 g/mol. The minimum Gasteiger partial charge on any atom is -0.361 e. The van der Waals surface area contributed by atoms with E-state index in [2.05, 4.69) is 42.2 Å². The van der Waals surface area contributed by atoms with Gasteiger partial charge in [0.15, 0.2) is 0 Å².